The highest BCUT2D eigenvalue weighted by Gasteiger charge is 2.62. The van der Waals surface area contributed by atoms with Crippen LogP contribution in [0, 0.1) is 22.7 Å². The van der Waals surface area contributed by atoms with Crippen molar-refractivity contribution in [2.75, 3.05) is 27.3 Å². The summed E-state index contributed by atoms with van der Waals surface area (Å²) < 4.78 is 83.1. The van der Waals surface area contributed by atoms with E-state index in [1.165, 1.54) is 4.90 Å². The van der Waals surface area contributed by atoms with Gasteiger partial charge in [-0.05, 0) is 136 Å². The minimum atomic E-state index is -3.87. The van der Waals surface area contributed by atoms with Gasteiger partial charge in [0, 0.05) is 55.4 Å². The van der Waals surface area contributed by atoms with Gasteiger partial charge in [0.05, 0.1) is 54.2 Å². The summed E-state index contributed by atoms with van der Waals surface area (Å²) in [5.41, 5.74) is -2.74. The van der Waals surface area contributed by atoms with E-state index in [0.717, 1.165) is 21.9 Å². The highest BCUT2D eigenvalue weighted by molar-refractivity contribution is 7.91. The van der Waals surface area contributed by atoms with Gasteiger partial charge >= 0.3 is 6.09 Å². The molecule has 24 heteroatoms. The van der Waals surface area contributed by atoms with Crippen molar-refractivity contribution in [3.63, 3.8) is 0 Å². The maximum Gasteiger partial charge on any atom is 0.408 e. The number of fused-ring (bicyclic) bond motifs is 2. The average Bonchev–Trinajstić information content (AvgIpc) is 1.65. The number of carbonyl (C=O) groups excluding carboxylic acids is 6. The molecule has 470 valence electrons. The molecular weight excluding hydrogens is 1170 g/mol. The van der Waals surface area contributed by atoms with E-state index in [0.29, 0.717) is 73.5 Å². The number of aromatic nitrogens is 2. The first kappa shape index (κ1) is 64.5. The van der Waals surface area contributed by atoms with Crippen LogP contribution in [0.25, 0.3) is 21.5 Å². The van der Waals surface area contributed by atoms with Gasteiger partial charge in [-0.1, -0.05) is 49.9 Å². The van der Waals surface area contributed by atoms with E-state index in [9.17, 15) is 45.6 Å². The first-order valence-corrected chi connectivity index (χ1v) is 32.2. The van der Waals surface area contributed by atoms with Crippen LogP contribution < -0.4 is 39.0 Å². The van der Waals surface area contributed by atoms with E-state index in [1.54, 1.807) is 95.9 Å². The summed E-state index contributed by atoms with van der Waals surface area (Å²) in [4.78, 5) is 91.8. The number of rotatable bonds is 23. The maximum atomic E-state index is 14.6. The lowest BCUT2D eigenvalue weighted by atomic mass is 9.91. The van der Waals surface area contributed by atoms with Gasteiger partial charge in [0.1, 0.15) is 35.3 Å². The Morgan fingerprint density at radius 3 is 1.67 bits per heavy atom. The zero-order valence-electron chi connectivity index (χ0n) is 49.2. The molecule has 4 N–H and O–H groups in total. The number of alkyl carbamates (subject to hydrolysis) is 1. The Morgan fingerprint density at radius 2 is 1.20 bits per heavy atom. The van der Waals surface area contributed by atoms with Crippen molar-refractivity contribution >= 4 is 77.0 Å². The highest BCUT2D eigenvalue weighted by atomic mass is 32.2. The predicted molar refractivity (Wildman–Crippen MR) is 328 cm³/mol. The standard InChI is InChI=1S/C38H44N4O9S.C25H29N3O6S.CH4/c1-6-25-20-38(25,35(45)41-52(47,48)28-13-14-28)21-31(43)30-19-27(50-33-29-15-12-26(49-5)18-24(29)16-17-39-33)22-42(30)34(44)32(23-10-8-7-9-11-23)40-36(46)51-37(2,3)4;1-3-16-12-25(16,24(30)28-35(31,32)19-5-6-19)13-22(29)21-11-18(14-27-21)34-23-20-7-4-17(33-2)10-15(20)8-9-26-23;/h6-12,15-18,25,27-28,30,32H,1,13-14,19-22H2,2-5H3,(H,40,46)(H,41,45);3-4,7-10,16,18-19,21,27H,1,5-6,11-14H2,2H3,(H,28,30);1H4/t25-,27-,30+,32+,38-;16-,18-,21+,25-;/m11./s1. The zero-order valence-corrected chi connectivity index (χ0v) is 50.8. The molecule has 88 heavy (non-hydrogen) atoms. The summed E-state index contributed by atoms with van der Waals surface area (Å²) in [6.45, 7) is 13.1. The third-order valence-electron chi connectivity index (χ3n) is 17.0. The minimum absolute atomic E-state index is 0. The van der Waals surface area contributed by atoms with Crippen LogP contribution in [0.1, 0.15) is 104 Å². The number of amides is 4. The fraction of sp³-hybridized carbons (Fsp3) is 0.469. The fourth-order valence-corrected chi connectivity index (χ4v) is 14.4. The molecule has 2 aromatic heterocycles. The zero-order chi connectivity index (χ0) is 62.2. The predicted octanol–water partition coefficient (Wildman–Crippen LogP) is 7.37. The molecule has 6 aliphatic rings. The third-order valence-corrected chi connectivity index (χ3v) is 20.6. The molecule has 3 aromatic carbocycles. The molecule has 2 saturated heterocycles. The van der Waals surface area contributed by atoms with Crippen molar-refractivity contribution in [3.05, 3.63) is 122 Å². The molecule has 0 bridgehead atoms. The third kappa shape index (κ3) is 14.3. The number of allylic oxidation sites excluding steroid dienone is 2. The number of pyridine rings is 2. The molecule has 6 fully saturated rings. The summed E-state index contributed by atoms with van der Waals surface area (Å²) in [6, 6.07) is 20.6. The molecule has 22 nitrogen and oxygen atoms in total. The molecule has 11 rings (SSSR count). The van der Waals surface area contributed by atoms with Crippen molar-refractivity contribution in [2.24, 2.45) is 22.7 Å². The number of hydrogen-bond acceptors (Lipinski definition) is 18. The number of hydrogen-bond donors (Lipinski definition) is 4. The lowest BCUT2D eigenvalue weighted by molar-refractivity contribution is -0.140. The number of carbonyl (C=O) groups is 6. The summed E-state index contributed by atoms with van der Waals surface area (Å²) in [7, 11) is -4.37. The van der Waals surface area contributed by atoms with Crippen LogP contribution in [0.4, 0.5) is 4.79 Å². The SMILES string of the molecule is C.C=C[C@@H]1C[C@]1(CC(=O)[C@@H]1C[C@@H](Oc2nccc3cc(OC)ccc23)CN1)C(=O)NS(=O)(=O)C1CC1.C=C[C@@H]1C[C@]1(CC(=O)[C@@H]1C[C@@H](Oc2nccc3cc(OC)ccc23)CN1C(=O)[C@@H](NC(=O)OC(C)(C)C)c1ccccc1)C(=O)NS(=O)(=O)C1CC1. The van der Waals surface area contributed by atoms with E-state index < -0.39 is 107 Å². The summed E-state index contributed by atoms with van der Waals surface area (Å²) in [5, 5.41) is 8.05. The van der Waals surface area contributed by atoms with Crippen LogP contribution in [0.2, 0.25) is 0 Å². The number of methoxy groups -OCH3 is 2. The molecule has 5 aromatic rings. The van der Waals surface area contributed by atoms with E-state index in [1.807, 2.05) is 42.5 Å². The minimum Gasteiger partial charge on any atom is -0.497 e. The number of ketones is 2. The van der Waals surface area contributed by atoms with Crippen molar-refractivity contribution in [2.45, 2.75) is 139 Å². The largest absolute Gasteiger partial charge is 0.497 e. The van der Waals surface area contributed by atoms with Gasteiger partial charge in [-0.25, -0.2) is 31.6 Å². The number of likely N-dealkylation sites (tertiary alicyclic amines) is 1. The number of Topliss-reactive ketones (excluding diaryl/α,β-unsaturated/α-hetero) is 2. The molecule has 0 radical (unpaired) electrons. The van der Waals surface area contributed by atoms with Gasteiger partial charge in [-0.15, -0.1) is 13.2 Å². The lowest BCUT2D eigenvalue weighted by Gasteiger charge is -2.30. The van der Waals surface area contributed by atoms with Gasteiger partial charge in [0.15, 0.2) is 11.6 Å². The highest BCUT2D eigenvalue weighted by Crippen LogP contribution is 2.58. The Hall–Kier alpha value is -7.96. The van der Waals surface area contributed by atoms with Crippen LogP contribution in [0.3, 0.4) is 0 Å². The number of nitrogens with one attached hydrogen (secondary N) is 4. The Bertz CT molecular complexity index is 3760. The molecule has 4 heterocycles. The maximum absolute atomic E-state index is 14.6. The number of nitrogens with zero attached hydrogens (tertiary/aromatic N) is 3. The smallest absolute Gasteiger partial charge is 0.408 e. The van der Waals surface area contributed by atoms with Crippen molar-refractivity contribution in [1.82, 2.24) is 34.9 Å². The molecule has 9 atom stereocenters. The van der Waals surface area contributed by atoms with Gasteiger partial charge in [-0.2, -0.15) is 0 Å². The van der Waals surface area contributed by atoms with Crippen molar-refractivity contribution in [3.8, 4) is 23.3 Å². The van der Waals surface area contributed by atoms with E-state index in [-0.39, 0.29) is 57.5 Å². The topological polar surface area (TPSA) is 294 Å². The number of sulfonamides is 2. The Kier molecular flexibility index (Phi) is 18.8. The average molecular weight is 1250 g/mol. The Labute approximate surface area is 513 Å². The van der Waals surface area contributed by atoms with E-state index in [4.69, 9.17) is 23.7 Å². The molecule has 4 aliphatic carbocycles. The van der Waals surface area contributed by atoms with Crippen molar-refractivity contribution < 1.29 is 69.3 Å². The Balaban J connectivity index is 0.000000223. The summed E-state index contributed by atoms with van der Waals surface area (Å²) in [6.07, 6.45) is 7.52. The fourth-order valence-electron chi connectivity index (χ4n) is 11.6. The van der Waals surface area contributed by atoms with Gasteiger partial charge < -0.3 is 39.2 Å². The number of benzene rings is 3. The van der Waals surface area contributed by atoms with Crippen LogP contribution >= 0.6 is 0 Å². The molecule has 0 unspecified atom stereocenters. The number of ether oxygens (including phenoxy) is 5. The van der Waals surface area contributed by atoms with E-state index >= 15 is 0 Å². The van der Waals surface area contributed by atoms with E-state index in [2.05, 4.69) is 43.2 Å². The first-order valence-electron chi connectivity index (χ1n) is 29.1. The molecule has 4 saturated carbocycles. The second kappa shape index (κ2) is 25.6. The quantitative estimate of drug-likeness (QED) is 0.0464. The van der Waals surface area contributed by atoms with Crippen LogP contribution in [-0.4, -0.2) is 135 Å². The molecule has 0 spiro atoms. The van der Waals surface area contributed by atoms with Gasteiger partial charge in [0.25, 0.3) is 5.91 Å². The van der Waals surface area contributed by atoms with Crippen LogP contribution in [-0.2, 0) is 48.8 Å². The second-order valence-electron chi connectivity index (χ2n) is 24.4. The van der Waals surface area contributed by atoms with Crippen molar-refractivity contribution in [1.29, 1.82) is 0 Å². The molecule has 2 aliphatic heterocycles. The molecular formula is C64H77N7O15S2. The lowest BCUT2D eigenvalue weighted by Crippen LogP contribution is -2.49. The van der Waals surface area contributed by atoms with Gasteiger partial charge in [0.2, 0.25) is 43.6 Å². The van der Waals surface area contributed by atoms with Crippen LogP contribution in [0.15, 0.2) is 117 Å². The Morgan fingerprint density at radius 1 is 0.705 bits per heavy atom. The monoisotopic (exact) mass is 1250 g/mol. The second-order valence-corrected chi connectivity index (χ2v) is 28.3. The van der Waals surface area contributed by atoms with Crippen LogP contribution in [0.5, 0.6) is 23.3 Å². The summed E-state index contributed by atoms with van der Waals surface area (Å²) in [5.74, 6) is -0.957. The first-order chi connectivity index (χ1) is 41.4. The molecule has 4 amide bonds. The normalized spacial score (nSPS) is 24.9. The van der Waals surface area contributed by atoms with Gasteiger partial charge in [-0.3, -0.25) is 33.4 Å². The summed E-state index contributed by atoms with van der Waals surface area (Å²) >= 11 is 0.